The Morgan fingerprint density at radius 3 is 2.11 bits per heavy atom. The van der Waals surface area contributed by atoms with Gasteiger partial charge in [0.05, 0.1) is 6.42 Å². The number of nitrogens with one attached hydrogen (secondary N) is 2. The third kappa shape index (κ3) is 6.93. The van der Waals surface area contributed by atoms with Crippen LogP contribution in [-0.4, -0.2) is 43.3 Å². The van der Waals surface area contributed by atoms with E-state index in [1.54, 1.807) is 26.2 Å². The van der Waals surface area contributed by atoms with E-state index in [2.05, 4.69) is 10.6 Å². The lowest BCUT2D eigenvalue weighted by Gasteiger charge is -2.11. The minimum absolute atomic E-state index is 0.0585. The van der Waals surface area contributed by atoms with E-state index in [0.29, 0.717) is 25.1 Å². The van der Waals surface area contributed by atoms with E-state index in [1.165, 1.54) is 4.90 Å². The molecule has 0 unspecified atom stereocenters. The fourth-order valence-corrected chi connectivity index (χ4v) is 2.47. The Morgan fingerprint density at radius 1 is 0.815 bits per heavy atom. The largest absolute Gasteiger partial charge is 0.355 e. The molecule has 3 amide bonds. The summed E-state index contributed by atoms with van der Waals surface area (Å²) in [5.74, 6) is -0.296. The van der Waals surface area contributed by atoms with Crippen LogP contribution in [0.25, 0.3) is 0 Å². The van der Waals surface area contributed by atoms with Gasteiger partial charge in [-0.15, -0.1) is 0 Å². The molecule has 6 heteroatoms. The van der Waals surface area contributed by atoms with E-state index in [4.69, 9.17) is 0 Å². The molecular formula is C21H25N3O3. The predicted octanol–water partition coefficient (Wildman–Crippen LogP) is 1.75. The van der Waals surface area contributed by atoms with Gasteiger partial charge in [0.2, 0.25) is 11.8 Å². The molecule has 0 aliphatic carbocycles. The summed E-state index contributed by atoms with van der Waals surface area (Å²) in [6.07, 6.45) is 0.526. The lowest BCUT2D eigenvalue weighted by molar-refractivity contribution is -0.122. The first kappa shape index (κ1) is 20.2. The minimum atomic E-state index is -0.136. The van der Waals surface area contributed by atoms with E-state index in [9.17, 15) is 14.4 Å². The van der Waals surface area contributed by atoms with Crippen molar-refractivity contribution in [2.45, 2.75) is 19.4 Å². The second kappa shape index (κ2) is 10.1. The zero-order valence-corrected chi connectivity index (χ0v) is 15.7. The molecule has 0 heterocycles. The first-order valence-electron chi connectivity index (χ1n) is 8.83. The first-order valence-corrected chi connectivity index (χ1v) is 8.83. The Hall–Kier alpha value is -3.15. The van der Waals surface area contributed by atoms with Crippen molar-refractivity contribution < 1.29 is 14.4 Å². The van der Waals surface area contributed by atoms with Gasteiger partial charge in [0, 0.05) is 39.2 Å². The Labute approximate surface area is 159 Å². The highest BCUT2D eigenvalue weighted by molar-refractivity contribution is 5.93. The SMILES string of the molecule is CN(C)C(=O)c1ccc(CNC(=O)CCNC(=O)Cc2ccccc2)cc1. The van der Waals surface area contributed by atoms with Crippen LogP contribution >= 0.6 is 0 Å². The molecule has 142 valence electrons. The average Bonchev–Trinajstić information content (AvgIpc) is 2.67. The van der Waals surface area contributed by atoms with Crippen molar-refractivity contribution in [2.75, 3.05) is 20.6 Å². The molecule has 0 spiro atoms. The molecule has 2 aromatic rings. The summed E-state index contributed by atoms with van der Waals surface area (Å²) in [5, 5.41) is 5.56. The summed E-state index contributed by atoms with van der Waals surface area (Å²) in [7, 11) is 3.41. The molecular weight excluding hydrogens is 342 g/mol. The van der Waals surface area contributed by atoms with Crippen molar-refractivity contribution in [1.82, 2.24) is 15.5 Å². The molecule has 0 aliphatic heterocycles. The van der Waals surface area contributed by atoms with Gasteiger partial charge in [-0.2, -0.15) is 0 Å². The predicted molar refractivity (Wildman–Crippen MR) is 104 cm³/mol. The van der Waals surface area contributed by atoms with Gasteiger partial charge >= 0.3 is 0 Å². The number of amides is 3. The van der Waals surface area contributed by atoms with E-state index < -0.39 is 0 Å². The molecule has 2 aromatic carbocycles. The van der Waals surface area contributed by atoms with E-state index >= 15 is 0 Å². The first-order chi connectivity index (χ1) is 13.0. The van der Waals surface area contributed by atoms with Gasteiger partial charge in [-0.25, -0.2) is 0 Å². The van der Waals surface area contributed by atoms with Crippen LogP contribution in [0, 0.1) is 0 Å². The fourth-order valence-electron chi connectivity index (χ4n) is 2.47. The standard InChI is InChI=1S/C21H25N3O3/c1-24(2)21(27)18-10-8-17(9-11-18)15-23-19(25)12-13-22-20(26)14-16-6-4-3-5-7-16/h3-11H,12-15H2,1-2H3,(H,22,26)(H,23,25). The molecule has 27 heavy (non-hydrogen) atoms. The number of hydrogen-bond donors (Lipinski definition) is 2. The molecule has 0 saturated heterocycles. The van der Waals surface area contributed by atoms with Crippen LogP contribution in [0.15, 0.2) is 54.6 Å². The summed E-state index contributed by atoms with van der Waals surface area (Å²) in [6.45, 7) is 0.682. The quantitative estimate of drug-likeness (QED) is 0.746. The molecule has 6 nitrogen and oxygen atoms in total. The molecule has 0 fully saturated rings. The summed E-state index contributed by atoms with van der Waals surface area (Å²) in [5.41, 5.74) is 2.46. The highest BCUT2D eigenvalue weighted by Gasteiger charge is 2.08. The topological polar surface area (TPSA) is 78.5 Å². The lowest BCUT2D eigenvalue weighted by Crippen LogP contribution is -2.31. The third-order valence-electron chi connectivity index (χ3n) is 3.98. The normalized spacial score (nSPS) is 10.1. The Balaban J connectivity index is 1.67. The highest BCUT2D eigenvalue weighted by atomic mass is 16.2. The van der Waals surface area contributed by atoms with Crippen LogP contribution in [0.2, 0.25) is 0 Å². The smallest absolute Gasteiger partial charge is 0.253 e. The van der Waals surface area contributed by atoms with Gasteiger partial charge in [-0.1, -0.05) is 42.5 Å². The Bertz CT molecular complexity index is 771. The van der Waals surface area contributed by atoms with Crippen molar-refractivity contribution in [2.24, 2.45) is 0 Å². The van der Waals surface area contributed by atoms with Gasteiger partial charge in [0.25, 0.3) is 5.91 Å². The number of benzene rings is 2. The maximum atomic E-state index is 11.9. The Morgan fingerprint density at radius 2 is 1.48 bits per heavy atom. The average molecular weight is 367 g/mol. The molecule has 0 bridgehead atoms. The molecule has 0 atom stereocenters. The van der Waals surface area contributed by atoms with Crippen molar-refractivity contribution >= 4 is 17.7 Å². The van der Waals surface area contributed by atoms with Crippen molar-refractivity contribution in [3.63, 3.8) is 0 Å². The van der Waals surface area contributed by atoms with Crippen molar-refractivity contribution in [3.05, 3.63) is 71.3 Å². The third-order valence-corrected chi connectivity index (χ3v) is 3.98. The van der Waals surface area contributed by atoms with Gasteiger partial charge in [-0.05, 0) is 23.3 Å². The zero-order valence-electron chi connectivity index (χ0n) is 15.7. The zero-order chi connectivity index (χ0) is 19.6. The molecule has 0 saturated carbocycles. The van der Waals surface area contributed by atoms with Crippen LogP contribution in [0.4, 0.5) is 0 Å². The van der Waals surface area contributed by atoms with E-state index in [-0.39, 0.29) is 24.1 Å². The fraction of sp³-hybridized carbons (Fsp3) is 0.286. The molecule has 0 aromatic heterocycles. The second-order valence-electron chi connectivity index (χ2n) is 6.44. The number of nitrogens with zero attached hydrogens (tertiary/aromatic N) is 1. The number of hydrogen-bond acceptors (Lipinski definition) is 3. The number of carbonyl (C=O) groups is 3. The van der Waals surface area contributed by atoms with Crippen LogP contribution in [0.1, 0.15) is 27.9 Å². The summed E-state index contributed by atoms with van der Waals surface area (Å²) in [6, 6.07) is 16.6. The maximum Gasteiger partial charge on any atom is 0.253 e. The van der Waals surface area contributed by atoms with E-state index in [1.807, 2.05) is 42.5 Å². The van der Waals surface area contributed by atoms with Crippen LogP contribution in [0.5, 0.6) is 0 Å². The number of rotatable bonds is 8. The van der Waals surface area contributed by atoms with E-state index in [0.717, 1.165) is 11.1 Å². The summed E-state index contributed by atoms with van der Waals surface area (Å²) in [4.78, 5) is 37.1. The minimum Gasteiger partial charge on any atom is -0.355 e. The molecule has 2 N–H and O–H groups in total. The Kier molecular flexibility index (Phi) is 7.55. The van der Waals surface area contributed by atoms with Crippen LogP contribution in [0.3, 0.4) is 0 Å². The molecule has 0 aliphatic rings. The number of carbonyl (C=O) groups excluding carboxylic acids is 3. The lowest BCUT2D eigenvalue weighted by atomic mass is 10.1. The van der Waals surface area contributed by atoms with Crippen molar-refractivity contribution in [1.29, 1.82) is 0 Å². The molecule has 0 radical (unpaired) electrons. The van der Waals surface area contributed by atoms with Crippen molar-refractivity contribution in [3.8, 4) is 0 Å². The second-order valence-corrected chi connectivity index (χ2v) is 6.44. The highest BCUT2D eigenvalue weighted by Crippen LogP contribution is 2.06. The van der Waals surface area contributed by atoms with Gasteiger partial charge in [-0.3, -0.25) is 14.4 Å². The monoisotopic (exact) mass is 367 g/mol. The summed E-state index contributed by atoms with van der Waals surface area (Å²) >= 11 is 0. The van der Waals surface area contributed by atoms with Gasteiger partial charge in [0.15, 0.2) is 0 Å². The van der Waals surface area contributed by atoms with Gasteiger partial charge in [0.1, 0.15) is 0 Å². The summed E-state index contributed by atoms with van der Waals surface area (Å²) < 4.78 is 0. The van der Waals surface area contributed by atoms with Gasteiger partial charge < -0.3 is 15.5 Å². The van der Waals surface area contributed by atoms with Crippen LogP contribution in [-0.2, 0) is 22.6 Å². The van der Waals surface area contributed by atoms with Crippen LogP contribution < -0.4 is 10.6 Å². The maximum absolute atomic E-state index is 11.9. The molecule has 2 rings (SSSR count).